The first-order valence-electron chi connectivity index (χ1n) is 6.06. The Kier molecular flexibility index (Phi) is 3.64. The van der Waals surface area contributed by atoms with E-state index < -0.39 is 9.84 Å². The molecule has 0 aromatic heterocycles. The van der Waals surface area contributed by atoms with Gasteiger partial charge in [-0.3, -0.25) is 0 Å². The van der Waals surface area contributed by atoms with Crippen molar-refractivity contribution in [3.8, 4) is 0 Å². The summed E-state index contributed by atoms with van der Waals surface area (Å²) in [6.45, 7) is 2.01. The van der Waals surface area contributed by atoms with Crippen molar-refractivity contribution < 1.29 is 13.5 Å². The molecule has 1 aromatic carbocycles. The maximum Gasteiger partial charge on any atom is 0.152 e. The summed E-state index contributed by atoms with van der Waals surface area (Å²) in [7, 11) is -0.919. The van der Waals surface area contributed by atoms with E-state index in [1.807, 2.05) is 37.1 Å². The second kappa shape index (κ2) is 4.90. The van der Waals surface area contributed by atoms with Gasteiger partial charge in [0.1, 0.15) is 0 Å². The summed E-state index contributed by atoms with van der Waals surface area (Å²) >= 11 is 0. The number of anilines is 1. The largest absolute Gasteiger partial charge is 0.392 e. The normalized spacial score (nSPS) is 22.1. The first kappa shape index (κ1) is 13.4. The van der Waals surface area contributed by atoms with Gasteiger partial charge in [-0.25, -0.2) is 8.42 Å². The zero-order valence-corrected chi connectivity index (χ0v) is 11.6. The predicted molar refractivity (Wildman–Crippen MR) is 72.6 cm³/mol. The van der Waals surface area contributed by atoms with E-state index in [2.05, 4.69) is 0 Å². The van der Waals surface area contributed by atoms with Crippen LogP contribution in [0.4, 0.5) is 5.69 Å². The fourth-order valence-corrected chi connectivity index (χ4v) is 4.26. The molecule has 1 N–H and O–H groups in total. The zero-order valence-electron chi connectivity index (χ0n) is 10.8. The molecule has 0 bridgehead atoms. The zero-order chi connectivity index (χ0) is 13.3. The van der Waals surface area contributed by atoms with Crippen molar-refractivity contribution in [1.29, 1.82) is 0 Å². The van der Waals surface area contributed by atoms with Crippen molar-refractivity contribution in [3.63, 3.8) is 0 Å². The van der Waals surface area contributed by atoms with Crippen molar-refractivity contribution in [2.24, 2.45) is 0 Å². The number of hydrogen-bond donors (Lipinski definition) is 1. The van der Waals surface area contributed by atoms with Gasteiger partial charge in [-0.1, -0.05) is 12.1 Å². The summed E-state index contributed by atoms with van der Waals surface area (Å²) in [5, 5.41) is 9.08. The number of rotatable bonds is 3. The molecule has 1 heterocycles. The average molecular weight is 269 g/mol. The topological polar surface area (TPSA) is 57.6 Å². The lowest BCUT2D eigenvalue weighted by atomic mass is 10.1. The maximum atomic E-state index is 11.5. The highest BCUT2D eigenvalue weighted by Gasteiger charge is 2.31. The minimum atomic E-state index is -2.86. The van der Waals surface area contributed by atoms with Gasteiger partial charge in [0.05, 0.1) is 18.1 Å². The van der Waals surface area contributed by atoms with Crippen LogP contribution in [-0.4, -0.2) is 38.1 Å². The maximum absolute atomic E-state index is 11.5. The third-order valence-corrected chi connectivity index (χ3v) is 5.33. The first-order chi connectivity index (χ1) is 8.43. The van der Waals surface area contributed by atoms with Gasteiger partial charge in [-0.15, -0.1) is 0 Å². The van der Waals surface area contributed by atoms with Crippen LogP contribution in [0.5, 0.6) is 0 Å². The average Bonchev–Trinajstić information content (AvgIpc) is 2.68. The fourth-order valence-electron chi connectivity index (χ4n) is 2.49. The molecule has 0 radical (unpaired) electrons. The molecular weight excluding hydrogens is 250 g/mol. The second-order valence-electron chi connectivity index (χ2n) is 4.95. The molecule has 2 rings (SSSR count). The second-order valence-corrected chi connectivity index (χ2v) is 7.18. The van der Waals surface area contributed by atoms with Crippen LogP contribution in [0.1, 0.15) is 17.5 Å². The Morgan fingerprint density at radius 1 is 1.44 bits per heavy atom. The highest BCUT2D eigenvalue weighted by molar-refractivity contribution is 7.91. The molecule has 1 fully saturated rings. The standard InChI is InChI=1S/C13H19NO3S/c1-10-7-11(8-15)3-4-13(10)14(2)12-5-6-18(16,17)9-12/h3-4,7,12,15H,5-6,8-9H2,1-2H3. The highest BCUT2D eigenvalue weighted by atomic mass is 32.2. The molecule has 0 saturated carbocycles. The monoisotopic (exact) mass is 269 g/mol. The smallest absolute Gasteiger partial charge is 0.152 e. The third kappa shape index (κ3) is 2.67. The van der Waals surface area contributed by atoms with Gasteiger partial charge < -0.3 is 10.0 Å². The Morgan fingerprint density at radius 3 is 2.67 bits per heavy atom. The van der Waals surface area contributed by atoms with Crippen molar-refractivity contribution in [2.45, 2.75) is 26.0 Å². The number of aliphatic hydroxyl groups is 1. The van der Waals surface area contributed by atoms with Crippen LogP contribution in [-0.2, 0) is 16.4 Å². The van der Waals surface area contributed by atoms with Crippen molar-refractivity contribution in [3.05, 3.63) is 29.3 Å². The van der Waals surface area contributed by atoms with E-state index in [4.69, 9.17) is 5.11 Å². The lowest BCUT2D eigenvalue weighted by molar-refractivity contribution is 0.282. The Hall–Kier alpha value is -1.07. The molecule has 1 unspecified atom stereocenters. The van der Waals surface area contributed by atoms with E-state index in [1.165, 1.54) is 0 Å². The summed E-state index contributed by atoms with van der Waals surface area (Å²) in [5.74, 6) is 0.528. The number of nitrogens with zero attached hydrogens (tertiary/aromatic N) is 1. The number of sulfone groups is 1. The Bertz CT molecular complexity index is 539. The van der Waals surface area contributed by atoms with E-state index >= 15 is 0 Å². The Morgan fingerprint density at radius 2 is 2.17 bits per heavy atom. The van der Waals surface area contributed by atoms with Crippen molar-refractivity contribution in [2.75, 3.05) is 23.5 Å². The van der Waals surface area contributed by atoms with E-state index in [9.17, 15) is 8.42 Å². The predicted octanol–water partition coefficient (Wildman–Crippen LogP) is 1.11. The minimum absolute atomic E-state index is 0.0304. The molecule has 1 aromatic rings. The quantitative estimate of drug-likeness (QED) is 0.893. The molecule has 0 aliphatic carbocycles. The minimum Gasteiger partial charge on any atom is -0.392 e. The van der Waals surface area contributed by atoms with Crippen LogP contribution in [0.3, 0.4) is 0 Å². The molecule has 4 nitrogen and oxygen atoms in total. The number of hydrogen-bond acceptors (Lipinski definition) is 4. The van der Waals surface area contributed by atoms with Gasteiger partial charge in [0.25, 0.3) is 0 Å². The number of aliphatic hydroxyl groups excluding tert-OH is 1. The van der Waals surface area contributed by atoms with Crippen LogP contribution >= 0.6 is 0 Å². The molecule has 1 atom stereocenters. The van der Waals surface area contributed by atoms with Crippen molar-refractivity contribution >= 4 is 15.5 Å². The first-order valence-corrected chi connectivity index (χ1v) is 7.89. The van der Waals surface area contributed by atoms with Crippen molar-refractivity contribution in [1.82, 2.24) is 0 Å². The van der Waals surface area contributed by atoms with Gasteiger partial charge in [0.2, 0.25) is 0 Å². The Labute approximate surface area is 108 Å². The molecular formula is C13H19NO3S. The van der Waals surface area contributed by atoms with E-state index in [0.717, 1.165) is 16.8 Å². The number of aryl methyl sites for hydroxylation is 1. The summed E-state index contributed by atoms with van der Waals surface area (Å²) in [6.07, 6.45) is 0.694. The van der Waals surface area contributed by atoms with E-state index in [-0.39, 0.29) is 24.2 Å². The molecule has 18 heavy (non-hydrogen) atoms. The SMILES string of the molecule is Cc1cc(CO)ccc1N(C)C1CCS(=O)(=O)C1. The number of benzene rings is 1. The fraction of sp³-hybridized carbons (Fsp3) is 0.538. The summed E-state index contributed by atoms with van der Waals surface area (Å²) < 4.78 is 23.0. The van der Waals surface area contributed by atoms with Crippen LogP contribution in [0.15, 0.2) is 18.2 Å². The lowest BCUT2D eigenvalue weighted by Gasteiger charge is -2.27. The molecule has 1 aliphatic rings. The molecule has 1 saturated heterocycles. The summed E-state index contributed by atoms with van der Waals surface area (Å²) in [5.41, 5.74) is 2.98. The van der Waals surface area contributed by atoms with Crippen LogP contribution in [0.25, 0.3) is 0 Å². The molecule has 0 spiro atoms. The highest BCUT2D eigenvalue weighted by Crippen LogP contribution is 2.26. The summed E-state index contributed by atoms with van der Waals surface area (Å²) in [4.78, 5) is 2.04. The van der Waals surface area contributed by atoms with Crippen LogP contribution in [0, 0.1) is 6.92 Å². The van der Waals surface area contributed by atoms with Crippen LogP contribution < -0.4 is 4.90 Å². The van der Waals surface area contributed by atoms with Gasteiger partial charge in [0.15, 0.2) is 9.84 Å². The molecule has 5 heteroatoms. The van der Waals surface area contributed by atoms with Gasteiger partial charge >= 0.3 is 0 Å². The lowest BCUT2D eigenvalue weighted by Crippen LogP contribution is -2.33. The summed E-state index contributed by atoms with van der Waals surface area (Å²) in [6, 6.07) is 5.83. The van der Waals surface area contributed by atoms with E-state index in [0.29, 0.717) is 6.42 Å². The molecule has 0 amide bonds. The van der Waals surface area contributed by atoms with Gasteiger partial charge in [-0.05, 0) is 30.5 Å². The van der Waals surface area contributed by atoms with E-state index in [1.54, 1.807) is 0 Å². The Balaban J connectivity index is 2.21. The van der Waals surface area contributed by atoms with Gasteiger partial charge in [-0.2, -0.15) is 0 Å². The third-order valence-electron chi connectivity index (χ3n) is 3.58. The molecule has 1 aliphatic heterocycles. The van der Waals surface area contributed by atoms with Crippen LogP contribution in [0.2, 0.25) is 0 Å². The molecule has 100 valence electrons. The van der Waals surface area contributed by atoms with Gasteiger partial charge in [0, 0.05) is 18.8 Å².